The van der Waals surface area contributed by atoms with E-state index in [1.165, 1.54) is 11.1 Å². The van der Waals surface area contributed by atoms with Crippen LogP contribution in [0.15, 0.2) is 78.9 Å². The molecule has 0 unspecified atom stereocenters. The molecule has 0 aliphatic rings. The summed E-state index contributed by atoms with van der Waals surface area (Å²) in [6, 6.07) is 24.3. The van der Waals surface area contributed by atoms with Crippen LogP contribution in [0.25, 0.3) is 33.4 Å². The molecule has 4 rings (SSSR count). The van der Waals surface area contributed by atoms with Gasteiger partial charge in [0.25, 0.3) is 0 Å². The second kappa shape index (κ2) is 9.03. The third kappa shape index (κ3) is 4.45. The monoisotopic (exact) mass is 438 g/mol. The van der Waals surface area contributed by atoms with Gasteiger partial charge in [0, 0.05) is 0 Å². The van der Waals surface area contributed by atoms with Gasteiger partial charge in [0.2, 0.25) is 0 Å². The van der Waals surface area contributed by atoms with Gasteiger partial charge in [0.15, 0.2) is 0 Å². The molecular weight excluding hydrogens is 408 g/mol. The summed E-state index contributed by atoms with van der Waals surface area (Å²) in [6.45, 7) is 8.85. The molecule has 4 aromatic rings. The number of rotatable bonds is 5. The van der Waals surface area contributed by atoms with E-state index in [2.05, 4.69) is 33.8 Å². The predicted octanol–water partition coefficient (Wildman–Crippen LogP) is 8.05. The molecule has 0 atom stereocenters. The Balaban J connectivity index is 2.19. The van der Waals surface area contributed by atoms with Gasteiger partial charge in [-0.25, -0.2) is 0 Å². The minimum atomic E-state index is 0.221. The Kier molecular flexibility index (Phi) is 6.15. The predicted molar refractivity (Wildman–Crippen MR) is 136 cm³/mol. The third-order valence-electron chi connectivity index (χ3n) is 6.09. The molecule has 0 aliphatic carbocycles. The smallest absolute Gasteiger partial charge is 0.115 e. The first kappa shape index (κ1) is 22.5. The number of phenols is 3. The van der Waals surface area contributed by atoms with E-state index in [1.807, 2.05) is 36.4 Å². The third-order valence-corrected chi connectivity index (χ3v) is 6.09. The van der Waals surface area contributed by atoms with Crippen molar-refractivity contribution in [3.05, 3.63) is 90.0 Å². The standard InChI is InChI=1S/C30H30O3/c1-18(2)26-17-27(20-5-11-23(31)12-6-20)29(21-7-13-24(32)14-8-21)30(28(26)19(3)4)22-9-15-25(33)16-10-22/h5-19,31-33H,1-4H3. The number of benzene rings is 4. The summed E-state index contributed by atoms with van der Waals surface area (Å²) in [5, 5.41) is 29.8. The number of hydrogen-bond donors (Lipinski definition) is 3. The van der Waals surface area contributed by atoms with Gasteiger partial charge in [0.05, 0.1) is 0 Å². The molecule has 168 valence electrons. The van der Waals surface area contributed by atoms with Gasteiger partial charge in [-0.1, -0.05) is 64.1 Å². The Morgan fingerprint density at radius 3 is 1.27 bits per heavy atom. The van der Waals surface area contributed by atoms with E-state index in [9.17, 15) is 15.3 Å². The maximum atomic E-state index is 9.95. The van der Waals surface area contributed by atoms with Gasteiger partial charge in [-0.3, -0.25) is 0 Å². The van der Waals surface area contributed by atoms with Crippen molar-refractivity contribution < 1.29 is 15.3 Å². The van der Waals surface area contributed by atoms with Crippen LogP contribution in [0.3, 0.4) is 0 Å². The summed E-state index contributed by atoms with van der Waals surface area (Å²) in [6.07, 6.45) is 0. The van der Waals surface area contributed by atoms with Crippen LogP contribution in [-0.2, 0) is 0 Å². The number of hydrogen-bond acceptors (Lipinski definition) is 3. The lowest BCUT2D eigenvalue weighted by Crippen LogP contribution is -2.05. The topological polar surface area (TPSA) is 60.7 Å². The van der Waals surface area contributed by atoms with Gasteiger partial charge in [-0.2, -0.15) is 0 Å². The molecule has 0 amide bonds. The molecule has 0 fully saturated rings. The Hall–Kier alpha value is -3.72. The summed E-state index contributed by atoms with van der Waals surface area (Å²) in [4.78, 5) is 0. The van der Waals surface area contributed by atoms with Crippen molar-refractivity contribution >= 4 is 0 Å². The van der Waals surface area contributed by atoms with Crippen LogP contribution in [-0.4, -0.2) is 15.3 Å². The highest BCUT2D eigenvalue weighted by atomic mass is 16.3. The molecule has 3 nitrogen and oxygen atoms in total. The van der Waals surface area contributed by atoms with Gasteiger partial charge in [-0.05, 0) is 98.8 Å². The Morgan fingerprint density at radius 1 is 0.485 bits per heavy atom. The maximum absolute atomic E-state index is 9.95. The fourth-order valence-electron chi connectivity index (χ4n) is 4.54. The maximum Gasteiger partial charge on any atom is 0.115 e. The molecule has 0 radical (unpaired) electrons. The minimum Gasteiger partial charge on any atom is -0.508 e. The molecule has 33 heavy (non-hydrogen) atoms. The first-order chi connectivity index (χ1) is 15.8. The molecule has 0 aromatic heterocycles. The lowest BCUT2D eigenvalue weighted by molar-refractivity contribution is 0.475. The summed E-state index contributed by atoms with van der Waals surface area (Å²) in [7, 11) is 0. The fourth-order valence-corrected chi connectivity index (χ4v) is 4.54. The van der Waals surface area contributed by atoms with Crippen LogP contribution in [0, 0.1) is 0 Å². The highest BCUT2D eigenvalue weighted by Crippen LogP contribution is 2.48. The van der Waals surface area contributed by atoms with Crippen molar-refractivity contribution in [2.45, 2.75) is 39.5 Å². The van der Waals surface area contributed by atoms with Crippen LogP contribution in [0.5, 0.6) is 17.2 Å². The molecule has 0 bridgehead atoms. The first-order valence-corrected chi connectivity index (χ1v) is 11.3. The molecule has 0 spiro atoms. The first-order valence-electron chi connectivity index (χ1n) is 11.3. The van der Waals surface area contributed by atoms with Crippen LogP contribution < -0.4 is 0 Å². The summed E-state index contributed by atoms with van der Waals surface area (Å²) < 4.78 is 0. The lowest BCUT2D eigenvalue weighted by atomic mass is 9.77. The van der Waals surface area contributed by atoms with Crippen molar-refractivity contribution in [1.82, 2.24) is 0 Å². The fraction of sp³-hybridized carbons (Fsp3) is 0.200. The SMILES string of the molecule is CC(C)c1cc(-c2ccc(O)cc2)c(-c2ccc(O)cc2)c(-c2ccc(O)cc2)c1C(C)C. The molecule has 0 heterocycles. The van der Waals surface area contributed by atoms with E-state index < -0.39 is 0 Å². The molecule has 0 aliphatic heterocycles. The van der Waals surface area contributed by atoms with Crippen LogP contribution in [0.1, 0.15) is 50.7 Å². The van der Waals surface area contributed by atoms with E-state index in [0.29, 0.717) is 5.92 Å². The molecular formula is C30H30O3. The quantitative estimate of drug-likeness (QED) is 0.295. The van der Waals surface area contributed by atoms with Crippen LogP contribution >= 0.6 is 0 Å². The lowest BCUT2D eigenvalue weighted by Gasteiger charge is -2.27. The normalized spacial score (nSPS) is 11.3. The van der Waals surface area contributed by atoms with Gasteiger partial charge < -0.3 is 15.3 Å². The second-order valence-corrected chi connectivity index (χ2v) is 9.13. The Morgan fingerprint density at radius 2 is 0.879 bits per heavy atom. The summed E-state index contributed by atoms with van der Waals surface area (Å²) >= 11 is 0. The van der Waals surface area contributed by atoms with Crippen LogP contribution in [0.2, 0.25) is 0 Å². The average molecular weight is 439 g/mol. The van der Waals surface area contributed by atoms with Crippen molar-refractivity contribution in [1.29, 1.82) is 0 Å². The van der Waals surface area contributed by atoms with E-state index in [-0.39, 0.29) is 23.2 Å². The van der Waals surface area contributed by atoms with Gasteiger partial charge in [-0.15, -0.1) is 0 Å². The van der Waals surface area contributed by atoms with E-state index in [1.54, 1.807) is 36.4 Å². The van der Waals surface area contributed by atoms with E-state index >= 15 is 0 Å². The Bertz CT molecular complexity index is 1250. The van der Waals surface area contributed by atoms with Crippen LogP contribution in [0.4, 0.5) is 0 Å². The van der Waals surface area contributed by atoms with Crippen molar-refractivity contribution in [3.63, 3.8) is 0 Å². The second-order valence-electron chi connectivity index (χ2n) is 9.13. The average Bonchev–Trinajstić information content (AvgIpc) is 2.79. The molecule has 0 saturated heterocycles. The molecule has 3 N–H and O–H groups in total. The van der Waals surface area contributed by atoms with Crippen molar-refractivity contribution in [2.75, 3.05) is 0 Å². The highest BCUT2D eigenvalue weighted by Gasteiger charge is 2.24. The summed E-state index contributed by atoms with van der Waals surface area (Å²) in [5.74, 6) is 1.26. The van der Waals surface area contributed by atoms with Crippen molar-refractivity contribution in [2.24, 2.45) is 0 Å². The largest absolute Gasteiger partial charge is 0.508 e. The van der Waals surface area contributed by atoms with E-state index in [4.69, 9.17) is 0 Å². The van der Waals surface area contributed by atoms with Gasteiger partial charge >= 0.3 is 0 Å². The van der Waals surface area contributed by atoms with Gasteiger partial charge in [0.1, 0.15) is 17.2 Å². The zero-order valence-electron chi connectivity index (χ0n) is 19.5. The molecule has 0 saturated carbocycles. The number of aromatic hydroxyl groups is 3. The number of phenolic OH excluding ortho intramolecular Hbond substituents is 3. The summed E-state index contributed by atoms with van der Waals surface area (Å²) in [5.41, 5.74) is 8.85. The van der Waals surface area contributed by atoms with Crippen molar-refractivity contribution in [3.8, 4) is 50.6 Å². The molecule has 3 heteroatoms. The molecule has 4 aromatic carbocycles. The highest BCUT2D eigenvalue weighted by molar-refractivity contribution is 5.97. The zero-order chi connectivity index (χ0) is 23.7. The minimum absolute atomic E-state index is 0.221. The zero-order valence-corrected chi connectivity index (χ0v) is 19.5. The van der Waals surface area contributed by atoms with E-state index in [0.717, 1.165) is 33.4 Å². The Labute approximate surface area is 195 Å².